The molecule has 0 radical (unpaired) electrons. The van der Waals surface area contributed by atoms with E-state index < -0.39 is 10.0 Å². The number of carbonyl (C=O) groups excluding carboxylic acids is 1. The zero-order valence-electron chi connectivity index (χ0n) is 19.3. The fourth-order valence-electron chi connectivity index (χ4n) is 3.45. The van der Waals surface area contributed by atoms with Crippen molar-refractivity contribution >= 4 is 21.6 Å². The van der Waals surface area contributed by atoms with Crippen LogP contribution in [0.5, 0.6) is 5.75 Å². The number of nitrogens with one attached hydrogen (secondary N) is 2. The lowest BCUT2D eigenvalue weighted by atomic mass is 9.96. The van der Waals surface area contributed by atoms with Gasteiger partial charge in [-0.05, 0) is 73.4 Å². The highest BCUT2D eigenvalue weighted by atomic mass is 32.2. The molecule has 0 saturated heterocycles. The maximum absolute atomic E-state index is 12.9. The molecule has 0 unspecified atom stereocenters. The van der Waals surface area contributed by atoms with Gasteiger partial charge in [-0.15, -0.1) is 0 Å². The molecule has 0 heterocycles. The zero-order chi connectivity index (χ0) is 24.0. The second kappa shape index (κ2) is 10.5. The van der Waals surface area contributed by atoms with Gasteiger partial charge >= 0.3 is 0 Å². The van der Waals surface area contributed by atoms with Crippen LogP contribution in [0.25, 0.3) is 0 Å². The summed E-state index contributed by atoms with van der Waals surface area (Å²) in [5.74, 6) is 0.928. The van der Waals surface area contributed by atoms with Gasteiger partial charge in [0, 0.05) is 11.3 Å². The van der Waals surface area contributed by atoms with E-state index in [1.807, 2.05) is 31.2 Å². The van der Waals surface area contributed by atoms with Crippen molar-refractivity contribution in [1.82, 2.24) is 5.32 Å². The zero-order valence-corrected chi connectivity index (χ0v) is 20.1. The number of ether oxygens (including phenoxy) is 1. The molecule has 1 atom stereocenters. The minimum Gasteiger partial charge on any atom is -0.497 e. The Bertz CT molecular complexity index is 1170. The quantitative estimate of drug-likeness (QED) is 0.447. The Morgan fingerprint density at radius 2 is 1.52 bits per heavy atom. The molecule has 0 aliphatic heterocycles. The van der Waals surface area contributed by atoms with E-state index in [0.717, 1.165) is 23.3 Å². The first kappa shape index (κ1) is 24.3. The number of hydrogen-bond acceptors (Lipinski definition) is 4. The first-order chi connectivity index (χ1) is 15.7. The van der Waals surface area contributed by atoms with Gasteiger partial charge in [0.1, 0.15) is 5.75 Å². The third kappa shape index (κ3) is 6.58. The molecule has 174 valence electrons. The molecule has 33 heavy (non-hydrogen) atoms. The number of methoxy groups -OCH3 is 1. The topological polar surface area (TPSA) is 84.5 Å². The Labute approximate surface area is 196 Å². The van der Waals surface area contributed by atoms with Crippen molar-refractivity contribution in [2.45, 2.75) is 38.1 Å². The van der Waals surface area contributed by atoms with Crippen LogP contribution in [-0.2, 0) is 10.0 Å². The van der Waals surface area contributed by atoms with Crippen LogP contribution in [0, 0.1) is 12.8 Å². The Balaban J connectivity index is 1.71. The van der Waals surface area contributed by atoms with Crippen LogP contribution < -0.4 is 14.8 Å². The molecule has 6 nitrogen and oxygen atoms in total. The maximum atomic E-state index is 12.9. The average molecular weight is 467 g/mol. The molecule has 3 rings (SSSR count). The van der Waals surface area contributed by atoms with Crippen molar-refractivity contribution < 1.29 is 17.9 Å². The number of rotatable bonds is 9. The highest BCUT2D eigenvalue weighted by Gasteiger charge is 2.18. The molecule has 0 aliphatic rings. The lowest BCUT2D eigenvalue weighted by Crippen LogP contribution is -2.29. The van der Waals surface area contributed by atoms with Crippen LogP contribution in [0.15, 0.2) is 77.7 Å². The van der Waals surface area contributed by atoms with Gasteiger partial charge < -0.3 is 10.1 Å². The average Bonchev–Trinajstić information content (AvgIpc) is 2.79. The predicted octanol–water partition coefficient (Wildman–Crippen LogP) is 5.32. The van der Waals surface area contributed by atoms with Gasteiger partial charge in [-0.25, -0.2) is 8.42 Å². The molecule has 0 fully saturated rings. The number of benzene rings is 3. The Morgan fingerprint density at radius 1 is 0.909 bits per heavy atom. The SMILES string of the molecule is COc1ccc([C@H](CC(C)C)NC(=O)c2ccc(NS(=O)(=O)c3ccc(C)cc3)cc2)cc1. The summed E-state index contributed by atoms with van der Waals surface area (Å²) in [6.07, 6.45) is 0.784. The first-order valence-electron chi connectivity index (χ1n) is 10.8. The second-order valence-corrected chi connectivity index (χ2v) is 10.1. The third-order valence-electron chi connectivity index (χ3n) is 5.26. The Kier molecular flexibility index (Phi) is 7.76. The molecule has 3 aromatic rings. The summed E-state index contributed by atoms with van der Waals surface area (Å²) in [7, 11) is -2.08. The van der Waals surface area contributed by atoms with Gasteiger partial charge in [-0.1, -0.05) is 43.7 Å². The van der Waals surface area contributed by atoms with E-state index in [1.165, 1.54) is 0 Å². The lowest BCUT2D eigenvalue weighted by molar-refractivity contribution is 0.0932. The normalized spacial score (nSPS) is 12.3. The summed E-state index contributed by atoms with van der Waals surface area (Å²) in [6, 6.07) is 20.5. The molecular weight excluding hydrogens is 436 g/mol. The number of anilines is 1. The summed E-state index contributed by atoms with van der Waals surface area (Å²) in [4.78, 5) is 13.1. The van der Waals surface area contributed by atoms with Crippen LogP contribution in [-0.4, -0.2) is 21.4 Å². The van der Waals surface area contributed by atoms with E-state index in [0.29, 0.717) is 17.2 Å². The number of amides is 1. The number of carbonyl (C=O) groups is 1. The molecule has 3 aromatic carbocycles. The molecule has 7 heteroatoms. The monoisotopic (exact) mass is 466 g/mol. The van der Waals surface area contributed by atoms with Gasteiger partial charge in [0.2, 0.25) is 0 Å². The summed E-state index contributed by atoms with van der Waals surface area (Å²) in [5, 5.41) is 3.10. The van der Waals surface area contributed by atoms with Crippen molar-refractivity contribution in [3.63, 3.8) is 0 Å². The van der Waals surface area contributed by atoms with Crippen LogP contribution in [0.4, 0.5) is 5.69 Å². The van der Waals surface area contributed by atoms with Gasteiger partial charge in [0.25, 0.3) is 15.9 Å². The van der Waals surface area contributed by atoms with Gasteiger partial charge in [0.15, 0.2) is 0 Å². The fourth-order valence-corrected chi connectivity index (χ4v) is 4.51. The standard InChI is InChI=1S/C26H30N2O4S/c1-18(2)17-25(20-9-13-23(32-4)14-10-20)27-26(29)21-7-11-22(12-8-21)28-33(30,31)24-15-5-19(3)6-16-24/h5-16,18,25,28H,17H2,1-4H3,(H,27,29)/t25-/m0/s1. The molecule has 0 aromatic heterocycles. The van der Waals surface area contributed by atoms with Crippen LogP contribution in [0.2, 0.25) is 0 Å². The maximum Gasteiger partial charge on any atom is 0.261 e. The highest BCUT2D eigenvalue weighted by Crippen LogP contribution is 2.24. The van der Waals surface area contributed by atoms with Crippen molar-refractivity contribution in [2.75, 3.05) is 11.8 Å². The molecule has 2 N–H and O–H groups in total. The van der Waals surface area contributed by atoms with E-state index in [9.17, 15) is 13.2 Å². The summed E-state index contributed by atoms with van der Waals surface area (Å²) >= 11 is 0. The second-order valence-electron chi connectivity index (χ2n) is 8.42. The first-order valence-corrected chi connectivity index (χ1v) is 12.3. The number of aryl methyl sites for hydroxylation is 1. The molecule has 0 aliphatic carbocycles. The molecule has 1 amide bonds. The molecule has 0 spiro atoms. The summed E-state index contributed by atoms with van der Waals surface area (Å²) in [5.41, 5.74) is 2.83. The molecule has 0 bridgehead atoms. The third-order valence-corrected chi connectivity index (χ3v) is 6.66. The van der Waals surface area contributed by atoms with E-state index in [2.05, 4.69) is 23.9 Å². The van der Waals surface area contributed by atoms with Crippen LogP contribution in [0.1, 0.15) is 47.8 Å². The van der Waals surface area contributed by atoms with Crippen LogP contribution in [0.3, 0.4) is 0 Å². The minimum absolute atomic E-state index is 0.150. The largest absolute Gasteiger partial charge is 0.497 e. The summed E-state index contributed by atoms with van der Waals surface area (Å²) < 4.78 is 32.9. The fraction of sp³-hybridized carbons (Fsp3) is 0.269. The van der Waals surface area contributed by atoms with Crippen molar-refractivity contribution in [1.29, 1.82) is 0 Å². The minimum atomic E-state index is -3.70. The Morgan fingerprint density at radius 3 is 2.06 bits per heavy atom. The van der Waals surface area contributed by atoms with Gasteiger partial charge in [-0.2, -0.15) is 0 Å². The van der Waals surface area contributed by atoms with Crippen molar-refractivity contribution in [3.05, 3.63) is 89.5 Å². The Hall–Kier alpha value is -3.32. The molecular formula is C26H30N2O4S. The van der Waals surface area contributed by atoms with E-state index in [4.69, 9.17) is 4.74 Å². The number of hydrogen-bond donors (Lipinski definition) is 2. The van der Waals surface area contributed by atoms with Gasteiger partial charge in [-0.3, -0.25) is 9.52 Å². The highest BCUT2D eigenvalue weighted by molar-refractivity contribution is 7.92. The van der Waals surface area contributed by atoms with E-state index in [1.54, 1.807) is 55.6 Å². The summed E-state index contributed by atoms with van der Waals surface area (Å²) in [6.45, 7) is 6.11. The smallest absolute Gasteiger partial charge is 0.261 e. The van der Waals surface area contributed by atoms with Crippen molar-refractivity contribution in [2.24, 2.45) is 5.92 Å². The lowest BCUT2D eigenvalue weighted by Gasteiger charge is -2.21. The van der Waals surface area contributed by atoms with Gasteiger partial charge in [0.05, 0.1) is 18.0 Å². The van der Waals surface area contributed by atoms with Crippen molar-refractivity contribution in [3.8, 4) is 5.75 Å². The van der Waals surface area contributed by atoms with E-state index >= 15 is 0 Å². The predicted molar refractivity (Wildman–Crippen MR) is 131 cm³/mol. The van der Waals surface area contributed by atoms with Crippen LogP contribution >= 0.6 is 0 Å². The molecule has 0 saturated carbocycles. The number of sulfonamides is 1. The van der Waals surface area contributed by atoms with E-state index in [-0.39, 0.29) is 16.8 Å².